The van der Waals surface area contributed by atoms with Crippen molar-refractivity contribution in [3.8, 4) is 0 Å². The van der Waals surface area contributed by atoms with Gasteiger partial charge in [0.1, 0.15) is 0 Å². The predicted molar refractivity (Wildman–Crippen MR) is 83.0 cm³/mol. The van der Waals surface area contributed by atoms with Crippen molar-refractivity contribution in [1.29, 1.82) is 0 Å². The Morgan fingerprint density at radius 3 is 2.53 bits per heavy atom. The molecule has 0 unspecified atom stereocenters. The van der Waals surface area contributed by atoms with E-state index in [1.165, 1.54) is 5.56 Å². The molecule has 0 aliphatic carbocycles. The summed E-state index contributed by atoms with van der Waals surface area (Å²) in [6.07, 6.45) is 0. The first kappa shape index (κ1) is 12.3. The van der Waals surface area contributed by atoms with Crippen molar-refractivity contribution in [2.24, 2.45) is 0 Å². The van der Waals surface area contributed by atoms with Gasteiger partial charge in [-0.3, -0.25) is 4.79 Å². The molecular weight excluding hydrogens is 254 g/mol. The van der Waals surface area contributed by atoms with Crippen LogP contribution in [-0.4, -0.2) is 19.0 Å². The first-order valence-electron chi connectivity index (χ1n) is 6.24. The largest absolute Gasteiger partial charge is 0.305 e. The van der Waals surface area contributed by atoms with Crippen LogP contribution in [0.2, 0.25) is 0 Å². The highest BCUT2D eigenvalue weighted by Gasteiger charge is 2.06. The minimum Gasteiger partial charge on any atom is -0.305 e. The average molecular weight is 269 g/mol. The zero-order valence-corrected chi connectivity index (χ0v) is 11.8. The number of benzene rings is 2. The summed E-state index contributed by atoms with van der Waals surface area (Å²) in [6.45, 7) is 0.854. The lowest BCUT2D eigenvalue weighted by Gasteiger charge is -2.10. The van der Waals surface area contributed by atoms with Crippen LogP contribution < -0.4 is 5.43 Å². The number of hydrogen-bond donors (Lipinski definition) is 0. The van der Waals surface area contributed by atoms with Gasteiger partial charge in [-0.05, 0) is 43.9 Å². The minimum atomic E-state index is 0.143. The Balaban J connectivity index is 2.30. The first-order chi connectivity index (χ1) is 9.15. The number of nitrogens with zero attached hydrogens (tertiary/aromatic N) is 1. The van der Waals surface area contributed by atoms with Crippen LogP contribution in [0.5, 0.6) is 0 Å². The van der Waals surface area contributed by atoms with Gasteiger partial charge in [-0.1, -0.05) is 18.2 Å². The van der Waals surface area contributed by atoms with Gasteiger partial charge < -0.3 is 4.90 Å². The fourth-order valence-corrected chi connectivity index (χ4v) is 3.37. The highest BCUT2D eigenvalue weighted by atomic mass is 32.1. The summed E-state index contributed by atoms with van der Waals surface area (Å²) in [5.74, 6) is 0. The van der Waals surface area contributed by atoms with E-state index in [1.54, 1.807) is 11.3 Å². The molecule has 2 nitrogen and oxygen atoms in total. The lowest BCUT2D eigenvalue weighted by Crippen LogP contribution is -2.11. The SMILES string of the molecule is CN(C)Cc1ccc2sc3ccccc3c(=O)c2c1. The van der Waals surface area contributed by atoms with Crippen LogP contribution in [-0.2, 0) is 6.54 Å². The summed E-state index contributed by atoms with van der Waals surface area (Å²) in [5.41, 5.74) is 1.32. The summed E-state index contributed by atoms with van der Waals surface area (Å²) in [4.78, 5) is 14.6. The van der Waals surface area contributed by atoms with Gasteiger partial charge in [0.05, 0.1) is 0 Å². The summed E-state index contributed by atoms with van der Waals surface area (Å²) in [7, 11) is 4.07. The van der Waals surface area contributed by atoms with Gasteiger partial charge >= 0.3 is 0 Å². The molecule has 0 amide bonds. The van der Waals surface area contributed by atoms with Crippen molar-refractivity contribution in [2.45, 2.75) is 6.54 Å². The molecule has 0 fully saturated rings. The van der Waals surface area contributed by atoms with Crippen molar-refractivity contribution >= 4 is 31.5 Å². The fourth-order valence-electron chi connectivity index (χ4n) is 2.31. The molecular formula is C16H15NOS. The number of rotatable bonds is 2. The molecule has 0 aliphatic rings. The minimum absolute atomic E-state index is 0.143. The molecule has 3 heteroatoms. The first-order valence-corrected chi connectivity index (χ1v) is 7.06. The molecule has 0 aliphatic heterocycles. The topological polar surface area (TPSA) is 20.3 Å². The van der Waals surface area contributed by atoms with Crippen LogP contribution in [0.3, 0.4) is 0 Å². The van der Waals surface area contributed by atoms with E-state index in [0.717, 1.165) is 26.7 Å². The number of hydrogen-bond acceptors (Lipinski definition) is 3. The highest BCUT2D eigenvalue weighted by Crippen LogP contribution is 2.25. The van der Waals surface area contributed by atoms with Crippen LogP contribution in [0.1, 0.15) is 5.56 Å². The third-order valence-electron chi connectivity index (χ3n) is 3.14. The molecule has 1 aromatic heterocycles. The van der Waals surface area contributed by atoms with Gasteiger partial charge in [0, 0.05) is 26.7 Å². The second-order valence-corrected chi connectivity index (χ2v) is 6.08. The molecule has 0 N–H and O–H groups in total. The third kappa shape index (κ3) is 2.27. The Labute approximate surface area is 115 Å². The standard InChI is InChI=1S/C16H15NOS/c1-17(2)10-11-7-8-15-13(9-11)16(18)12-5-3-4-6-14(12)19-15/h3-9H,10H2,1-2H3. The average Bonchev–Trinajstić information content (AvgIpc) is 2.39. The number of fused-ring (bicyclic) bond motifs is 2. The maximum atomic E-state index is 12.5. The van der Waals surface area contributed by atoms with Crippen LogP contribution in [0.25, 0.3) is 20.2 Å². The Kier molecular flexibility index (Phi) is 3.09. The van der Waals surface area contributed by atoms with Crippen LogP contribution in [0, 0.1) is 0 Å². The molecule has 0 spiro atoms. The van der Waals surface area contributed by atoms with Crippen LogP contribution in [0.4, 0.5) is 0 Å². The molecule has 0 atom stereocenters. The van der Waals surface area contributed by atoms with E-state index < -0.39 is 0 Å². The third-order valence-corrected chi connectivity index (χ3v) is 4.29. The van der Waals surface area contributed by atoms with Gasteiger partial charge in [-0.15, -0.1) is 11.3 Å². The molecule has 0 saturated heterocycles. The van der Waals surface area contributed by atoms with Crippen LogP contribution in [0.15, 0.2) is 47.3 Å². The summed E-state index contributed by atoms with van der Waals surface area (Å²) >= 11 is 1.68. The quantitative estimate of drug-likeness (QED) is 0.664. The van der Waals surface area contributed by atoms with Gasteiger partial charge in [-0.2, -0.15) is 0 Å². The van der Waals surface area contributed by atoms with E-state index in [-0.39, 0.29) is 5.43 Å². The maximum absolute atomic E-state index is 12.5. The van der Waals surface area contributed by atoms with E-state index >= 15 is 0 Å². The zero-order valence-electron chi connectivity index (χ0n) is 11.0. The molecule has 0 saturated carbocycles. The second-order valence-electron chi connectivity index (χ2n) is 5.00. The van der Waals surface area contributed by atoms with E-state index in [0.29, 0.717) is 0 Å². The van der Waals surface area contributed by atoms with E-state index in [4.69, 9.17) is 0 Å². The molecule has 1 heterocycles. The van der Waals surface area contributed by atoms with Gasteiger partial charge in [0.25, 0.3) is 0 Å². The maximum Gasteiger partial charge on any atom is 0.195 e. The normalized spacial score (nSPS) is 11.5. The van der Waals surface area contributed by atoms with Crippen LogP contribution >= 0.6 is 11.3 Å². The highest BCUT2D eigenvalue weighted by molar-refractivity contribution is 7.24. The fraction of sp³-hybridized carbons (Fsp3) is 0.188. The van der Waals surface area contributed by atoms with Crippen molar-refractivity contribution in [2.75, 3.05) is 14.1 Å². The molecule has 0 bridgehead atoms. The van der Waals surface area contributed by atoms with Crippen molar-refractivity contribution in [1.82, 2.24) is 4.90 Å². The molecule has 19 heavy (non-hydrogen) atoms. The summed E-state index contributed by atoms with van der Waals surface area (Å²) < 4.78 is 2.12. The predicted octanol–water partition coefficient (Wildman–Crippen LogP) is 3.48. The van der Waals surface area contributed by atoms with Gasteiger partial charge in [-0.25, -0.2) is 0 Å². The van der Waals surface area contributed by atoms with E-state index in [9.17, 15) is 4.79 Å². The second kappa shape index (κ2) is 4.76. The van der Waals surface area contributed by atoms with Crippen molar-refractivity contribution in [3.05, 3.63) is 58.3 Å². The van der Waals surface area contributed by atoms with E-state index in [2.05, 4.69) is 17.0 Å². The Bertz CT molecular complexity index is 805. The summed E-state index contributed by atoms with van der Waals surface area (Å²) in [5, 5.41) is 1.66. The Morgan fingerprint density at radius 1 is 1.00 bits per heavy atom. The lowest BCUT2D eigenvalue weighted by molar-refractivity contribution is 0.403. The molecule has 0 radical (unpaired) electrons. The lowest BCUT2D eigenvalue weighted by atomic mass is 10.1. The van der Waals surface area contributed by atoms with Gasteiger partial charge in [0.2, 0.25) is 0 Å². The Hall–Kier alpha value is -1.71. The molecule has 96 valence electrons. The zero-order chi connectivity index (χ0) is 13.4. The van der Waals surface area contributed by atoms with Gasteiger partial charge in [0.15, 0.2) is 5.43 Å². The molecule has 2 aromatic carbocycles. The molecule has 3 aromatic rings. The Morgan fingerprint density at radius 2 is 1.74 bits per heavy atom. The monoisotopic (exact) mass is 269 g/mol. The van der Waals surface area contributed by atoms with Crippen molar-refractivity contribution in [3.63, 3.8) is 0 Å². The van der Waals surface area contributed by atoms with E-state index in [1.807, 2.05) is 44.4 Å². The van der Waals surface area contributed by atoms with Crippen molar-refractivity contribution < 1.29 is 0 Å². The smallest absolute Gasteiger partial charge is 0.195 e. The summed E-state index contributed by atoms with van der Waals surface area (Å²) in [6, 6.07) is 14.0. The molecule has 3 rings (SSSR count).